The summed E-state index contributed by atoms with van der Waals surface area (Å²) in [5.41, 5.74) is 0.116. The predicted molar refractivity (Wildman–Crippen MR) is 43.7 cm³/mol. The van der Waals surface area contributed by atoms with Crippen LogP contribution in [0.2, 0.25) is 0 Å². The van der Waals surface area contributed by atoms with Crippen LogP contribution in [0.25, 0.3) is 0 Å². The molecule has 0 bridgehead atoms. The van der Waals surface area contributed by atoms with E-state index < -0.39 is 5.37 Å². The van der Waals surface area contributed by atoms with Crippen molar-refractivity contribution in [3.63, 3.8) is 0 Å². The summed E-state index contributed by atoms with van der Waals surface area (Å²) in [7, 11) is 0. The standard InChI is InChI=1S/C6H12ClNO.H3N/c1-6(2,3)4-8-5(7)9;/h4H2,1-3H3,(H,8,9);1H3. The Morgan fingerprint density at radius 2 is 1.90 bits per heavy atom. The first-order valence-corrected chi connectivity index (χ1v) is 3.23. The predicted octanol–water partition coefficient (Wildman–Crippen LogP) is 2.14. The number of hydrogen-bond donors (Lipinski definition) is 2. The highest BCUT2D eigenvalue weighted by Crippen LogP contribution is 2.10. The summed E-state index contributed by atoms with van der Waals surface area (Å²) < 4.78 is 0. The van der Waals surface area contributed by atoms with Crippen LogP contribution >= 0.6 is 11.6 Å². The fraction of sp³-hybridized carbons (Fsp3) is 0.833. The minimum atomic E-state index is -0.482. The second-order valence-electron chi connectivity index (χ2n) is 3.19. The molecule has 10 heavy (non-hydrogen) atoms. The molecule has 0 aromatic carbocycles. The number of carbonyl (C=O) groups excluding carboxylic acids is 1. The van der Waals surface area contributed by atoms with Gasteiger partial charge in [-0.05, 0) is 17.0 Å². The van der Waals surface area contributed by atoms with Gasteiger partial charge in [-0.1, -0.05) is 20.8 Å². The van der Waals surface area contributed by atoms with E-state index in [0.717, 1.165) is 0 Å². The Labute approximate surface area is 66.7 Å². The first-order valence-electron chi connectivity index (χ1n) is 2.85. The summed E-state index contributed by atoms with van der Waals surface area (Å²) >= 11 is 5.03. The van der Waals surface area contributed by atoms with Gasteiger partial charge in [0, 0.05) is 6.54 Å². The summed E-state index contributed by atoms with van der Waals surface area (Å²) in [4.78, 5) is 10.1. The Balaban J connectivity index is 0. The van der Waals surface area contributed by atoms with E-state index in [9.17, 15) is 4.79 Å². The molecule has 3 nitrogen and oxygen atoms in total. The van der Waals surface area contributed by atoms with E-state index in [0.29, 0.717) is 6.54 Å². The SMILES string of the molecule is CC(C)(C)CNC(=O)Cl.N. The van der Waals surface area contributed by atoms with Crippen molar-refractivity contribution in [3.05, 3.63) is 0 Å². The van der Waals surface area contributed by atoms with E-state index in [1.54, 1.807) is 0 Å². The van der Waals surface area contributed by atoms with Crippen LogP contribution in [0.5, 0.6) is 0 Å². The highest BCUT2D eigenvalue weighted by molar-refractivity contribution is 6.62. The number of hydrogen-bond acceptors (Lipinski definition) is 2. The Bertz CT molecular complexity index is 109. The van der Waals surface area contributed by atoms with E-state index in [2.05, 4.69) is 5.32 Å². The monoisotopic (exact) mass is 166 g/mol. The molecule has 0 aromatic rings. The van der Waals surface area contributed by atoms with Crippen LogP contribution in [-0.4, -0.2) is 11.9 Å². The van der Waals surface area contributed by atoms with Crippen molar-refractivity contribution in [2.75, 3.05) is 6.54 Å². The van der Waals surface area contributed by atoms with Gasteiger partial charge in [-0.3, -0.25) is 4.79 Å². The zero-order valence-electron chi connectivity index (χ0n) is 6.70. The van der Waals surface area contributed by atoms with E-state index in [-0.39, 0.29) is 11.6 Å². The maximum Gasteiger partial charge on any atom is 0.313 e. The van der Waals surface area contributed by atoms with Gasteiger partial charge >= 0.3 is 5.37 Å². The van der Waals surface area contributed by atoms with Crippen molar-refractivity contribution in [2.24, 2.45) is 5.41 Å². The average Bonchev–Trinajstić information content (AvgIpc) is 1.59. The molecule has 0 saturated carbocycles. The third kappa shape index (κ3) is 10.7. The number of carbonyl (C=O) groups is 1. The molecule has 0 fully saturated rings. The Kier molecular flexibility index (Phi) is 5.61. The Morgan fingerprint density at radius 3 is 2.00 bits per heavy atom. The smallest absolute Gasteiger partial charge is 0.313 e. The summed E-state index contributed by atoms with van der Waals surface area (Å²) in [6.07, 6.45) is 0. The second-order valence-corrected chi connectivity index (χ2v) is 3.53. The van der Waals surface area contributed by atoms with E-state index >= 15 is 0 Å². The first-order chi connectivity index (χ1) is 3.92. The molecule has 0 rings (SSSR count). The fourth-order valence-electron chi connectivity index (χ4n) is 0.335. The molecule has 0 aliphatic heterocycles. The van der Waals surface area contributed by atoms with Gasteiger partial charge in [-0.25, -0.2) is 0 Å². The average molecular weight is 167 g/mol. The van der Waals surface area contributed by atoms with Gasteiger partial charge in [-0.15, -0.1) is 0 Å². The topological polar surface area (TPSA) is 64.1 Å². The lowest BCUT2D eigenvalue weighted by Gasteiger charge is -2.16. The van der Waals surface area contributed by atoms with Crippen molar-refractivity contribution < 1.29 is 4.79 Å². The van der Waals surface area contributed by atoms with Crippen molar-refractivity contribution in [1.82, 2.24) is 11.5 Å². The van der Waals surface area contributed by atoms with Crippen LogP contribution in [-0.2, 0) is 0 Å². The number of nitrogens with one attached hydrogen (secondary N) is 1. The maximum absolute atomic E-state index is 10.1. The largest absolute Gasteiger partial charge is 0.344 e. The molecule has 0 saturated heterocycles. The van der Waals surface area contributed by atoms with Gasteiger partial charge in [0.15, 0.2) is 0 Å². The number of rotatable bonds is 1. The molecule has 62 valence electrons. The Morgan fingerprint density at radius 1 is 1.50 bits per heavy atom. The van der Waals surface area contributed by atoms with Crippen LogP contribution in [0.4, 0.5) is 4.79 Å². The molecule has 1 amide bonds. The molecule has 0 aromatic heterocycles. The summed E-state index contributed by atoms with van der Waals surface area (Å²) in [5.74, 6) is 0. The van der Waals surface area contributed by atoms with Gasteiger partial charge in [0.05, 0.1) is 0 Å². The quantitative estimate of drug-likeness (QED) is 0.463. The molecular weight excluding hydrogens is 152 g/mol. The van der Waals surface area contributed by atoms with E-state index in [1.165, 1.54) is 0 Å². The molecule has 0 unspecified atom stereocenters. The zero-order chi connectivity index (χ0) is 7.49. The van der Waals surface area contributed by atoms with Gasteiger partial charge in [-0.2, -0.15) is 0 Å². The molecule has 0 heterocycles. The first kappa shape index (κ1) is 12.4. The molecule has 4 heteroatoms. The van der Waals surface area contributed by atoms with E-state index in [1.807, 2.05) is 20.8 Å². The third-order valence-electron chi connectivity index (χ3n) is 0.758. The lowest BCUT2D eigenvalue weighted by molar-refractivity contribution is 0.254. The van der Waals surface area contributed by atoms with Crippen LogP contribution in [0.1, 0.15) is 20.8 Å². The second kappa shape index (κ2) is 4.52. The van der Waals surface area contributed by atoms with Crippen LogP contribution in [0, 0.1) is 5.41 Å². The van der Waals surface area contributed by atoms with Gasteiger partial charge in [0.1, 0.15) is 0 Å². The lowest BCUT2D eigenvalue weighted by atomic mass is 9.97. The van der Waals surface area contributed by atoms with Crippen molar-refractivity contribution in [2.45, 2.75) is 20.8 Å². The van der Waals surface area contributed by atoms with E-state index in [4.69, 9.17) is 11.6 Å². The minimum absolute atomic E-state index is 0. The molecule has 0 aliphatic carbocycles. The molecule has 0 spiro atoms. The number of amides is 1. The normalized spacial score (nSPS) is 10.0. The van der Waals surface area contributed by atoms with Crippen molar-refractivity contribution >= 4 is 17.0 Å². The molecule has 0 radical (unpaired) electrons. The minimum Gasteiger partial charge on any atom is -0.344 e. The van der Waals surface area contributed by atoms with Crippen LogP contribution in [0.3, 0.4) is 0 Å². The Hall–Kier alpha value is -0.280. The van der Waals surface area contributed by atoms with Crippen LogP contribution in [0.15, 0.2) is 0 Å². The lowest BCUT2D eigenvalue weighted by Crippen LogP contribution is -2.28. The summed E-state index contributed by atoms with van der Waals surface area (Å²) in [6, 6.07) is 0. The highest BCUT2D eigenvalue weighted by atomic mass is 35.5. The third-order valence-corrected chi connectivity index (χ3v) is 0.891. The van der Waals surface area contributed by atoms with Gasteiger partial charge < -0.3 is 11.5 Å². The molecule has 0 atom stereocenters. The van der Waals surface area contributed by atoms with Crippen molar-refractivity contribution in [3.8, 4) is 0 Å². The van der Waals surface area contributed by atoms with Crippen molar-refractivity contribution in [1.29, 1.82) is 0 Å². The number of halogens is 1. The zero-order valence-corrected chi connectivity index (χ0v) is 7.46. The fourth-order valence-corrected chi connectivity index (χ4v) is 0.401. The van der Waals surface area contributed by atoms with Crippen LogP contribution < -0.4 is 11.5 Å². The molecule has 4 N–H and O–H groups in total. The highest BCUT2D eigenvalue weighted by Gasteiger charge is 2.09. The summed E-state index contributed by atoms with van der Waals surface area (Å²) in [5, 5.41) is 2.03. The summed E-state index contributed by atoms with van der Waals surface area (Å²) in [6.45, 7) is 6.70. The maximum atomic E-state index is 10.1. The molecular formula is C6H15ClN2O. The van der Waals surface area contributed by atoms with Gasteiger partial charge in [0.2, 0.25) is 0 Å². The molecule has 0 aliphatic rings. The van der Waals surface area contributed by atoms with Gasteiger partial charge in [0.25, 0.3) is 0 Å².